The lowest BCUT2D eigenvalue weighted by Gasteiger charge is -2.16. The van der Waals surface area contributed by atoms with Gasteiger partial charge in [0, 0.05) is 45.2 Å². The van der Waals surface area contributed by atoms with Crippen LogP contribution in [0.15, 0.2) is 29.3 Å². The zero-order valence-corrected chi connectivity index (χ0v) is 15.6. The third-order valence-corrected chi connectivity index (χ3v) is 4.16. The second-order valence-electron chi connectivity index (χ2n) is 6.08. The second-order valence-corrected chi connectivity index (χ2v) is 6.08. The minimum absolute atomic E-state index is 0.172. The van der Waals surface area contributed by atoms with Gasteiger partial charge in [0.1, 0.15) is 0 Å². The van der Waals surface area contributed by atoms with Crippen molar-refractivity contribution in [3.63, 3.8) is 0 Å². The van der Waals surface area contributed by atoms with Crippen LogP contribution < -0.4 is 15.5 Å². The molecule has 7 heteroatoms. The summed E-state index contributed by atoms with van der Waals surface area (Å²) in [5, 5.41) is 6.42. The molecule has 142 valence electrons. The molecule has 0 spiro atoms. The maximum atomic E-state index is 11.8. The SMILES string of the molecule is CCOC(=O)CCCNC(=NC)NCc1ccc(N2CCCC2=O)cc1. The Morgan fingerprint density at radius 2 is 2.04 bits per heavy atom. The maximum Gasteiger partial charge on any atom is 0.305 e. The normalized spacial score (nSPS) is 14.5. The first-order valence-electron chi connectivity index (χ1n) is 9.13. The third-order valence-electron chi connectivity index (χ3n) is 4.16. The predicted molar refractivity (Wildman–Crippen MR) is 102 cm³/mol. The first kappa shape index (κ1) is 19.8. The van der Waals surface area contributed by atoms with E-state index >= 15 is 0 Å². The number of hydrogen-bond donors (Lipinski definition) is 2. The Bertz CT molecular complexity index is 628. The number of carbonyl (C=O) groups excluding carboxylic acids is 2. The van der Waals surface area contributed by atoms with E-state index < -0.39 is 0 Å². The number of esters is 1. The van der Waals surface area contributed by atoms with Crippen molar-refractivity contribution in [2.45, 2.75) is 39.2 Å². The van der Waals surface area contributed by atoms with E-state index in [9.17, 15) is 9.59 Å². The Labute approximate surface area is 154 Å². The maximum absolute atomic E-state index is 11.8. The Morgan fingerprint density at radius 3 is 2.65 bits per heavy atom. The molecule has 1 amide bonds. The molecule has 0 atom stereocenters. The first-order valence-corrected chi connectivity index (χ1v) is 9.13. The number of aliphatic imine (C=N–C) groups is 1. The lowest BCUT2D eigenvalue weighted by atomic mass is 10.2. The zero-order valence-electron chi connectivity index (χ0n) is 15.6. The number of ether oxygens (including phenoxy) is 1. The van der Waals surface area contributed by atoms with Gasteiger partial charge in [-0.2, -0.15) is 0 Å². The van der Waals surface area contributed by atoms with E-state index in [4.69, 9.17) is 4.74 Å². The molecule has 0 saturated carbocycles. The van der Waals surface area contributed by atoms with Crippen molar-refractivity contribution < 1.29 is 14.3 Å². The summed E-state index contributed by atoms with van der Waals surface area (Å²) in [5.41, 5.74) is 2.06. The van der Waals surface area contributed by atoms with Gasteiger partial charge in [-0.15, -0.1) is 0 Å². The molecule has 1 aliphatic rings. The lowest BCUT2D eigenvalue weighted by Crippen LogP contribution is -2.37. The van der Waals surface area contributed by atoms with Crippen LogP contribution in [0.4, 0.5) is 5.69 Å². The molecular weight excluding hydrogens is 332 g/mol. The lowest BCUT2D eigenvalue weighted by molar-refractivity contribution is -0.143. The van der Waals surface area contributed by atoms with Crippen molar-refractivity contribution >= 4 is 23.5 Å². The fraction of sp³-hybridized carbons (Fsp3) is 0.526. The standard InChI is InChI=1S/C19H28N4O3/c1-3-26-18(25)7-4-12-21-19(20-2)22-14-15-8-10-16(11-9-15)23-13-5-6-17(23)24/h8-11H,3-7,12-14H2,1-2H3,(H2,20,21,22). The van der Waals surface area contributed by atoms with E-state index in [1.54, 1.807) is 14.0 Å². The van der Waals surface area contributed by atoms with Gasteiger partial charge in [-0.25, -0.2) is 0 Å². The van der Waals surface area contributed by atoms with Gasteiger partial charge in [0.15, 0.2) is 5.96 Å². The van der Waals surface area contributed by atoms with Crippen LogP contribution in [-0.4, -0.2) is 44.6 Å². The Balaban J connectivity index is 1.72. The highest BCUT2D eigenvalue weighted by molar-refractivity contribution is 5.95. The van der Waals surface area contributed by atoms with Gasteiger partial charge >= 0.3 is 5.97 Å². The van der Waals surface area contributed by atoms with E-state index in [1.807, 2.05) is 29.2 Å². The summed E-state index contributed by atoms with van der Waals surface area (Å²) in [4.78, 5) is 29.1. The van der Waals surface area contributed by atoms with Crippen LogP contribution in [0.25, 0.3) is 0 Å². The minimum atomic E-state index is -0.172. The minimum Gasteiger partial charge on any atom is -0.466 e. The molecule has 26 heavy (non-hydrogen) atoms. The molecule has 2 N–H and O–H groups in total. The second kappa shape index (κ2) is 10.4. The number of rotatable bonds is 8. The molecule has 1 saturated heterocycles. The van der Waals surface area contributed by atoms with Gasteiger partial charge in [0.2, 0.25) is 5.91 Å². The summed E-state index contributed by atoms with van der Waals surface area (Å²) in [6.45, 7) is 4.30. The van der Waals surface area contributed by atoms with Crippen molar-refractivity contribution in [3.8, 4) is 0 Å². The number of guanidine groups is 1. The highest BCUT2D eigenvalue weighted by atomic mass is 16.5. The molecule has 0 bridgehead atoms. The van der Waals surface area contributed by atoms with Gasteiger partial charge in [-0.3, -0.25) is 14.6 Å². The fourth-order valence-electron chi connectivity index (χ4n) is 2.79. The molecule has 0 aliphatic carbocycles. The van der Waals surface area contributed by atoms with Crippen LogP contribution in [-0.2, 0) is 20.9 Å². The van der Waals surface area contributed by atoms with Crippen LogP contribution in [0.1, 0.15) is 38.2 Å². The Kier molecular flexibility index (Phi) is 7.92. The van der Waals surface area contributed by atoms with Gasteiger partial charge in [0.25, 0.3) is 0 Å². The number of nitrogens with zero attached hydrogens (tertiary/aromatic N) is 2. The summed E-state index contributed by atoms with van der Waals surface area (Å²) < 4.78 is 4.90. The van der Waals surface area contributed by atoms with Crippen LogP contribution in [0, 0.1) is 0 Å². The Morgan fingerprint density at radius 1 is 1.27 bits per heavy atom. The zero-order chi connectivity index (χ0) is 18.8. The number of hydrogen-bond acceptors (Lipinski definition) is 4. The summed E-state index contributed by atoms with van der Waals surface area (Å²) >= 11 is 0. The predicted octanol–water partition coefficient (Wildman–Crippen LogP) is 1.82. The molecule has 0 unspecified atom stereocenters. The van der Waals surface area contributed by atoms with Gasteiger partial charge in [-0.05, 0) is 37.5 Å². The van der Waals surface area contributed by atoms with Gasteiger partial charge < -0.3 is 20.3 Å². The van der Waals surface area contributed by atoms with E-state index in [1.165, 1.54) is 0 Å². The fourth-order valence-corrected chi connectivity index (χ4v) is 2.79. The van der Waals surface area contributed by atoms with Crippen molar-refractivity contribution in [3.05, 3.63) is 29.8 Å². The van der Waals surface area contributed by atoms with Crippen molar-refractivity contribution in [2.24, 2.45) is 4.99 Å². The molecule has 0 aromatic heterocycles. The number of benzene rings is 1. The summed E-state index contributed by atoms with van der Waals surface area (Å²) in [6.07, 6.45) is 2.66. The van der Waals surface area contributed by atoms with E-state index in [2.05, 4.69) is 15.6 Å². The molecule has 7 nitrogen and oxygen atoms in total. The van der Waals surface area contributed by atoms with E-state index in [0.717, 1.165) is 24.2 Å². The average Bonchev–Trinajstić information content (AvgIpc) is 3.08. The molecule has 1 heterocycles. The number of nitrogens with one attached hydrogen (secondary N) is 2. The molecule has 1 aromatic rings. The molecular formula is C19H28N4O3. The smallest absolute Gasteiger partial charge is 0.305 e. The quantitative estimate of drug-likeness (QED) is 0.320. The Hall–Kier alpha value is -2.57. The molecule has 1 aliphatic heterocycles. The number of anilines is 1. The highest BCUT2D eigenvalue weighted by Gasteiger charge is 2.21. The summed E-state index contributed by atoms with van der Waals surface area (Å²) in [7, 11) is 1.71. The van der Waals surface area contributed by atoms with Crippen LogP contribution in [0.2, 0.25) is 0 Å². The van der Waals surface area contributed by atoms with Crippen LogP contribution >= 0.6 is 0 Å². The van der Waals surface area contributed by atoms with E-state index in [-0.39, 0.29) is 11.9 Å². The largest absolute Gasteiger partial charge is 0.466 e. The molecule has 1 aromatic carbocycles. The molecule has 1 fully saturated rings. The molecule has 0 radical (unpaired) electrons. The topological polar surface area (TPSA) is 83.0 Å². The third kappa shape index (κ3) is 6.06. The monoisotopic (exact) mass is 360 g/mol. The summed E-state index contributed by atoms with van der Waals surface area (Å²) in [6, 6.07) is 8.00. The van der Waals surface area contributed by atoms with E-state index in [0.29, 0.717) is 44.9 Å². The number of carbonyl (C=O) groups is 2. The van der Waals surface area contributed by atoms with Gasteiger partial charge in [0.05, 0.1) is 6.61 Å². The van der Waals surface area contributed by atoms with Crippen molar-refractivity contribution in [1.82, 2.24) is 10.6 Å². The first-order chi connectivity index (χ1) is 12.6. The van der Waals surface area contributed by atoms with Crippen molar-refractivity contribution in [2.75, 3.05) is 31.6 Å². The number of amides is 1. The van der Waals surface area contributed by atoms with Crippen LogP contribution in [0.3, 0.4) is 0 Å². The molecule has 2 rings (SSSR count). The van der Waals surface area contributed by atoms with Crippen LogP contribution in [0.5, 0.6) is 0 Å². The van der Waals surface area contributed by atoms with Crippen molar-refractivity contribution in [1.29, 1.82) is 0 Å². The highest BCUT2D eigenvalue weighted by Crippen LogP contribution is 2.21. The summed E-state index contributed by atoms with van der Waals surface area (Å²) in [5.74, 6) is 0.713. The average molecular weight is 360 g/mol. The van der Waals surface area contributed by atoms with Gasteiger partial charge in [-0.1, -0.05) is 12.1 Å².